The number of halogens is 1. The first-order valence-corrected chi connectivity index (χ1v) is 9.27. The third-order valence-electron chi connectivity index (χ3n) is 5.18. The average molecular weight is 356 g/mol. The van der Waals surface area contributed by atoms with E-state index in [1.807, 2.05) is 4.68 Å². The maximum absolute atomic E-state index is 4.54. The van der Waals surface area contributed by atoms with Crippen molar-refractivity contribution < 1.29 is 0 Å². The molecule has 1 aromatic rings. The lowest BCUT2D eigenvalue weighted by atomic mass is 9.76. The standard InChI is InChI=1S/C17H30BrN3/c1-5-13-7-9-14(10-8-13)15(19-6-2)11-16-17(18)12(3)20-21(16)4/h13-15,19H,5-11H2,1-4H3. The summed E-state index contributed by atoms with van der Waals surface area (Å²) in [5.41, 5.74) is 2.42. The molecular formula is C17H30BrN3. The molecule has 0 aliphatic heterocycles. The van der Waals surface area contributed by atoms with Gasteiger partial charge in [-0.3, -0.25) is 4.68 Å². The molecule has 4 heteroatoms. The van der Waals surface area contributed by atoms with Crippen LogP contribution >= 0.6 is 15.9 Å². The lowest BCUT2D eigenvalue weighted by Crippen LogP contribution is -2.40. The van der Waals surface area contributed by atoms with Crippen LogP contribution < -0.4 is 5.32 Å². The number of nitrogens with zero attached hydrogens (tertiary/aromatic N) is 2. The molecule has 0 aromatic carbocycles. The lowest BCUT2D eigenvalue weighted by Gasteiger charge is -2.34. The van der Waals surface area contributed by atoms with Crippen LogP contribution in [0.3, 0.4) is 0 Å². The summed E-state index contributed by atoms with van der Waals surface area (Å²) in [6, 6.07) is 0.582. The Morgan fingerprint density at radius 1 is 1.29 bits per heavy atom. The first kappa shape index (κ1) is 17.0. The van der Waals surface area contributed by atoms with Crippen molar-refractivity contribution in [2.75, 3.05) is 6.54 Å². The van der Waals surface area contributed by atoms with Crippen molar-refractivity contribution in [1.29, 1.82) is 0 Å². The highest BCUT2D eigenvalue weighted by atomic mass is 79.9. The second-order valence-corrected chi connectivity index (χ2v) is 7.32. The molecule has 1 aromatic heterocycles. The number of nitrogens with one attached hydrogen (secondary N) is 1. The Labute approximate surface area is 138 Å². The van der Waals surface area contributed by atoms with Gasteiger partial charge >= 0.3 is 0 Å². The average Bonchev–Trinajstić information content (AvgIpc) is 2.73. The first-order chi connectivity index (χ1) is 10.1. The number of likely N-dealkylation sites (N-methyl/N-ethyl adjacent to an activating group) is 1. The fraction of sp³-hybridized carbons (Fsp3) is 0.824. The minimum absolute atomic E-state index is 0.582. The summed E-state index contributed by atoms with van der Waals surface area (Å²) in [5, 5.41) is 8.27. The van der Waals surface area contributed by atoms with Crippen LogP contribution in [0.4, 0.5) is 0 Å². The van der Waals surface area contributed by atoms with Gasteiger partial charge in [0.25, 0.3) is 0 Å². The van der Waals surface area contributed by atoms with Gasteiger partial charge in [0.2, 0.25) is 0 Å². The maximum Gasteiger partial charge on any atom is 0.0738 e. The molecule has 3 nitrogen and oxygen atoms in total. The van der Waals surface area contributed by atoms with Crippen molar-refractivity contribution >= 4 is 15.9 Å². The summed E-state index contributed by atoms with van der Waals surface area (Å²) < 4.78 is 3.23. The zero-order valence-corrected chi connectivity index (χ0v) is 15.5. The van der Waals surface area contributed by atoms with Crippen LogP contribution in [0, 0.1) is 18.8 Å². The Morgan fingerprint density at radius 2 is 1.95 bits per heavy atom. The summed E-state index contributed by atoms with van der Waals surface area (Å²) in [5.74, 6) is 1.78. The smallest absolute Gasteiger partial charge is 0.0738 e. The molecule has 0 radical (unpaired) electrons. The number of aryl methyl sites for hydroxylation is 2. The van der Waals surface area contributed by atoms with Crippen molar-refractivity contribution in [2.24, 2.45) is 18.9 Å². The second kappa shape index (κ2) is 7.77. The Balaban J connectivity index is 2.05. The molecule has 1 atom stereocenters. The molecule has 1 fully saturated rings. The van der Waals surface area contributed by atoms with E-state index in [1.165, 1.54) is 42.3 Å². The van der Waals surface area contributed by atoms with E-state index < -0.39 is 0 Å². The van der Waals surface area contributed by atoms with Crippen LogP contribution in [0.1, 0.15) is 57.3 Å². The number of rotatable bonds is 6. The Morgan fingerprint density at radius 3 is 2.43 bits per heavy atom. The molecule has 1 unspecified atom stereocenters. The van der Waals surface area contributed by atoms with Crippen LogP contribution in [-0.2, 0) is 13.5 Å². The van der Waals surface area contributed by atoms with Crippen molar-refractivity contribution in [3.05, 3.63) is 15.9 Å². The van der Waals surface area contributed by atoms with Gasteiger partial charge < -0.3 is 5.32 Å². The molecule has 0 spiro atoms. The van der Waals surface area contributed by atoms with Crippen molar-refractivity contribution in [2.45, 2.75) is 65.3 Å². The topological polar surface area (TPSA) is 29.9 Å². The molecule has 0 saturated heterocycles. The molecule has 0 amide bonds. The van der Waals surface area contributed by atoms with E-state index in [1.54, 1.807) is 0 Å². The highest BCUT2D eigenvalue weighted by molar-refractivity contribution is 9.10. The highest BCUT2D eigenvalue weighted by Crippen LogP contribution is 2.34. The van der Waals surface area contributed by atoms with Gasteiger partial charge in [0.15, 0.2) is 0 Å². The predicted molar refractivity (Wildman–Crippen MR) is 92.6 cm³/mol. The molecule has 1 N–H and O–H groups in total. The van der Waals surface area contributed by atoms with Crippen LogP contribution in [-0.4, -0.2) is 22.4 Å². The fourth-order valence-corrected chi connectivity index (χ4v) is 4.27. The monoisotopic (exact) mass is 355 g/mol. The molecule has 1 heterocycles. The number of hydrogen-bond acceptors (Lipinski definition) is 2. The Kier molecular flexibility index (Phi) is 6.30. The van der Waals surface area contributed by atoms with Gasteiger partial charge in [-0.2, -0.15) is 5.10 Å². The molecule has 1 saturated carbocycles. The normalized spacial score (nSPS) is 24.2. The van der Waals surface area contributed by atoms with Crippen molar-refractivity contribution in [3.63, 3.8) is 0 Å². The van der Waals surface area contributed by atoms with E-state index in [4.69, 9.17) is 0 Å². The van der Waals surface area contributed by atoms with Crippen LogP contribution in [0.2, 0.25) is 0 Å². The SMILES string of the molecule is CCNC(Cc1c(Br)c(C)nn1C)C1CCC(CC)CC1. The fourth-order valence-electron chi connectivity index (χ4n) is 3.78. The minimum atomic E-state index is 0.582. The quantitative estimate of drug-likeness (QED) is 0.827. The molecule has 1 aliphatic rings. The van der Waals surface area contributed by atoms with Gasteiger partial charge in [-0.05, 0) is 54.1 Å². The van der Waals surface area contributed by atoms with Gasteiger partial charge in [-0.25, -0.2) is 0 Å². The van der Waals surface area contributed by atoms with E-state index in [0.717, 1.165) is 30.5 Å². The molecule has 0 bridgehead atoms. The van der Waals surface area contributed by atoms with E-state index in [0.29, 0.717) is 6.04 Å². The van der Waals surface area contributed by atoms with Crippen molar-refractivity contribution in [1.82, 2.24) is 15.1 Å². The number of hydrogen-bond donors (Lipinski definition) is 1. The second-order valence-electron chi connectivity index (χ2n) is 6.53. The summed E-state index contributed by atoms with van der Waals surface area (Å²) in [7, 11) is 2.06. The molecule has 21 heavy (non-hydrogen) atoms. The van der Waals surface area contributed by atoms with Gasteiger partial charge in [0.1, 0.15) is 0 Å². The van der Waals surface area contributed by atoms with Gasteiger partial charge in [0.05, 0.1) is 15.9 Å². The minimum Gasteiger partial charge on any atom is -0.314 e. The third-order valence-corrected chi connectivity index (χ3v) is 6.21. The lowest BCUT2D eigenvalue weighted by molar-refractivity contribution is 0.216. The summed E-state index contributed by atoms with van der Waals surface area (Å²) in [6.07, 6.45) is 8.01. The van der Waals surface area contributed by atoms with E-state index >= 15 is 0 Å². The van der Waals surface area contributed by atoms with Crippen LogP contribution in [0.15, 0.2) is 4.47 Å². The van der Waals surface area contributed by atoms with Gasteiger partial charge in [0, 0.05) is 19.5 Å². The van der Waals surface area contributed by atoms with E-state index in [2.05, 4.69) is 54.2 Å². The van der Waals surface area contributed by atoms with Gasteiger partial charge in [-0.15, -0.1) is 0 Å². The third kappa shape index (κ3) is 4.10. The van der Waals surface area contributed by atoms with Gasteiger partial charge in [-0.1, -0.05) is 33.1 Å². The van der Waals surface area contributed by atoms with Crippen LogP contribution in [0.25, 0.3) is 0 Å². The molecular weight excluding hydrogens is 326 g/mol. The van der Waals surface area contributed by atoms with Crippen LogP contribution in [0.5, 0.6) is 0 Å². The predicted octanol–water partition coefficient (Wildman–Crippen LogP) is 4.23. The molecule has 2 rings (SSSR count). The molecule has 1 aliphatic carbocycles. The van der Waals surface area contributed by atoms with E-state index in [9.17, 15) is 0 Å². The highest BCUT2D eigenvalue weighted by Gasteiger charge is 2.28. The molecule has 120 valence electrons. The largest absolute Gasteiger partial charge is 0.314 e. The summed E-state index contributed by atoms with van der Waals surface area (Å²) in [6.45, 7) is 7.67. The zero-order valence-electron chi connectivity index (χ0n) is 14.0. The van der Waals surface area contributed by atoms with E-state index in [-0.39, 0.29) is 0 Å². The maximum atomic E-state index is 4.54. The Bertz CT molecular complexity index is 447. The summed E-state index contributed by atoms with van der Waals surface area (Å²) in [4.78, 5) is 0. The zero-order chi connectivity index (χ0) is 15.4. The Hall–Kier alpha value is -0.350. The van der Waals surface area contributed by atoms with Crippen molar-refractivity contribution in [3.8, 4) is 0 Å². The first-order valence-electron chi connectivity index (χ1n) is 8.48. The number of aromatic nitrogens is 2. The summed E-state index contributed by atoms with van der Waals surface area (Å²) >= 11 is 3.71.